The van der Waals surface area contributed by atoms with Gasteiger partial charge in [0, 0.05) is 12.1 Å². The third-order valence-corrected chi connectivity index (χ3v) is 1.84. The zero-order valence-electron chi connectivity index (χ0n) is 7.94. The molecule has 1 heterocycles. The quantitative estimate of drug-likeness (QED) is 0.501. The molecule has 0 saturated heterocycles. The largest absolute Gasteiger partial charge is 0.394 e. The summed E-state index contributed by atoms with van der Waals surface area (Å²) in [4.78, 5) is 7.75. The number of rotatable bonds is 4. The molecule has 1 rings (SSSR count). The number of nitrogens with zero attached hydrogens (tertiary/aromatic N) is 2. The second-order valence-corrected chi connectivity index (χ2v) is 2.95. The summed E-state index contributed by atoms with van der Waals surface area (Å²) in [6.45, 7) is 1.73. The molecule has 6 nitrogen and oxygen atoms in total. The van der Waals surface area contributed by atoms with Crippen molar-refractivity contribution in [3.63, 3.8) is 0 Å². The van der Waals surface area contributed by atoms with E-state index in [1.54, 1.807) is 6.92 Å². The Hall–Kier alpha value is -1.40. The lowest BCUT2D eigenvalue weighted by molar-refractivity contribution is 0.105. The molecule has 78 valence electrons. The summed E-state index contributed by atoms with van der Waals surface area (Å²) < 4.78 is 0. The van der Waals surface area contributed by atoms with Gasteiger partial charge in [-0.25, -0.2) is 9.97 Å². The van der Waals surface area contributed by atoms with Crippen molar-refractivity contribution < 1.29 is 10.2 Å². The van der Waals surface area contributed by atoms with Crippen molar-refractivity contribution in [2.45, 2.75) is 13.0 Å². The van der Waals surface area contributed by atoms with Crippen LogP contribution in [0.2, 0.25) is 0 Å². The van der Waals surface area contributed by atoms with Crippen molar-refractivity contribution in [2.24, 2.45) is 0 Å². The lowest BCUT2D eigenvalue weighted by Gasteiger charge is -2.11. The van der Waals surface area contributed by atoms with Crippen molar-refractivity contribution >= 4 is 11.6 Å². The van der Waals surface area contributed by atoms with Gasteiger partial charge in [-0.15, -0.1) is 0 Å². The van der Waals surface area contributed by atoms with E-state index < -0.39 is 6.10 Å². The minimum absolute atomic E-state index is 0.230. The van der Waals surface area contributed by atoms with E-state index in [-0.39, 0.29) is 13.2 Å². The van der Waals surface area contributed by atoms with Crippen molar-refractivity contribution in [2.75, 3.05) is 24.2 Å². The predicted molar refractivity (Wildman–Crippen MR) is 52.8 cm³/mol. The molecule has 1 aromatic rings. The molecule has 0 spiro atoms. The van der Waals surface area contributed by atoms with Crippen molar-refractivity contribution in [1.82, 2.24) is 9.97 Å². The molecule has 0 aliphatic carbocycles. The minimum Gasteiger partial charge on any atom is -0.394 e. The molecule has 0 bridgehead atoms. The SMILES string of the molecule is Cc1c(N)ncnc1NCC(O)CO. The van der Waals surface area contributed by atoms with Crippen LogP contribution in [0.5, 0.6) is 0 Å². The molecule has 1 unspecified atom stereocenters. The van der Waals surface area contributed by atoms with Crippen LogP contribution in [-0.4, -0.2) is 39.4 Å². The first kappa shape index (κ1) is 10.7. The van der Waals surface area contributed by atoms with Crippen LogP contribution in [0.3, 0.4) is 0 Å². The molecular weight excluding hydrogens is 184 g/mol. The van der Waals surface area contributed by atoms with E-state index in [1.165, 1.54) is 6.33 Å². The van der Waals surface area contributed by atoms with E-state index in [0.717, 1.165) is 5.56 Å². The maximum absolute atomic E-state index is 9.09. The molecule has 0 saturated carbocycles. The fraction of sp³-hybridized carbons (Fsp3) is 0.500. The van der Waals surface area contributed by atoms with Crippen LogP contribution in [0.1, 0.15) is 5.56 Å². The summed E-state index contributed by atoms with van der Waals surface area (Å²) in [5.41, 5.74) is 6.29. The zero-order chi connectivity index (χ0) is 10.6. The summed E-state index contributed by atoms with van der Waals surface area (Å²) in [6.07, 6.45) is 0.543. The molecule has 0 aliphatic heterocycles. The van der Waals surface area contributed by atoms with Crippen LogP contribution in [0.4, 0.5) is 11.6 Å². The summed E-state index contributed by atoms with van der Waals surface area (Å²) in [6, 6.07) is 0. The van der Waals surface area contributed by atoms with Gasteiger partial charge in [0.25, 0.3) is 0 Å². The Morgan fingerprint density at radius 3 is 2.93 bits per heavy atom. The zero-order valence-corrected chi connectivity index (χ0v) is 7.94. The molecular formula is C8H14N4O2. The number of nitrogens with one attached hydrogen (secondary N) is 1. The summed E-state index contributed by atoms with van der Waals surface area (Å²) in [5.74, 6) is 0.978. The Morgan fingerprint density at radius 1 is 1.57 bits per heavy atom. The van der Waals surface area contributed by atoms with E-state index >= 15 is 0 Å². The Balaban J connectivity index is 2.63. The van der Waals surface area contributed by atoms with E-state index in [0.29, 0.717) is 11.6 Å². The second-order valence-electron chi connectivity index (χ2n) is 2.95. The van der Waals surface area contributed by atoms with Crippen LogP contribution in [-0.2, 0) is 0 Å². The van der Waals surface area contributed by atoms with Crippen LogP contribution in [0, 0.1) is 6.92 Å². The van der Waals surface area contributed by atoms with Gasteiger partial charge in [-0.1, -0.05) is 0 Å². The van der Waals surface area contributed by atoms with Gasteiger partial charge in [-0.2, -0.15) is 0 Å². The highest BCUT2D eigenvalue weighted by molar-refractivity contribution is 5.53. The number of anilines is 2. The molecule has 6 heteroatoms. The fourth-order valence-electron chi connectivity index (χ4n) is 0.921. The first-order valence-electron chi connectivity index (χ1n) is 4.25. The van der Waals surface area contributed by atoms with Gasteiger partial charge in [0.15, 0.2) is 0 Å². The normalized spacial score (nSPS) is 12.5. The third-order valence-electron chi connectivity index (χ3n) is 1.84. The number of aliphatic hydroxyl groups excluding tert-OH is 2. The number of nitrogens with two attached hydrogens (primary N) is 1. The van der Waals surface area contributed by atoms with Gasteiger partial charge in [-0.3, -0.25) is 0 Å². The number of aromatic nitrogens is 2. The summed E-state index contributed by atoms with van der Waals surface area (Å²) in [7, 11) is 0. The van der Waals surface area contributed by atoms with E-state index in [9.17, 15) is 0 Å². The van der Waals surface area contributed by atoms with Gasteiger partial charge < -0.3 is 21.3 Å². The van der Waals surface area contributed by atoms with Gasteiger partial charge in [-0.05, 0) is 6.92 Å². The monoisotopic (exact) mass is 198 g/mol. The third kappa shape index (κ3) is 2.54. The fourth-order valence-corrected chi connectivity index (χ4v) is 0.921. The maximum Gasteiger partial charge on any atom is 0.134 e. The van der Waals surface area contributed by atoms with Gasteiger partial charge >= 0.3 is 0 Å². The van der Waals surface area contributed by atoms with Crippen molar-refractivity contribution in [3.8, 4) is 0 Å². The molecule has 0 amide bonds. The lowest BCUT2D eigenvalue weighted by atomic mass is 10.3. The van der Waals surface area contributed by atoms with E-state index in [1.807, 2.05) is 0 Å². The Morgan fingerprint density at radius 2 is 2.29 bits per heavy atom. The smallest absolute Gasteiger partial charge is 0.134 e. The Bertz CT molecular complexity index is 305. The standard InChI is InChI=1S/C8H14N4O2/c1-5-7(9)11-4-12-8(5)10-2-6(14)3-13/h4,6,13-14H,2-3H2,1H3,(H3,9,10,11,12). The van der Waals surface area contributed by atoms with Crippen LogP contribution in [0.25, 0.3) is 0 Å². The van der Waals surface area contributed by atoms with Gasteiger partial charge in [0.2, 0.25) is 0 Å². The van der Waals surface area contributed by atoms with Crippen LogP contribution >= 0.6 is 0 Å². The minimum atomic E-state index is -0.800. The number of hydrogen-bond donors (Lipinski definition) is 4. The number of hydrogen-bond acceptors (Lipinski definition) is 6. The maximum atomic E-state index is 9.09. The lowest BCUT2D eigenvalue weighted by Crippen LogP contribution is -2.23. The first-order valence-corrected chi connectivity index (χ1v) is 4.25. The van der Waals surface area contributed by atoms with E-state index in [4.69, 9.17) is 15.9 Å². The number of aliphatic hydroxyl groups is 2. The molecule has 0 radical (unpaired) electrons. The topological polar surface area (TPSA) is 104 Å². The van der Waals surface area contributed by atoms with Gasteiger partial charge in [0.1, 0.15) is 18.0 Å². The molecule has 1 atom stereocenters. The predicted octanol–water partition coefficient (Wildman–Crippen LogP) is -0.868. The highest BCUT2D eigenvalue weighted by Gasteiger charge is 2.06. The summed E-state index contributed by atoms with van der Waals surface area (Å²) >= 11 is 0. The molecule has 1 aromatic heterocycles. The Kier molecular flexibility index (Phi) is 3.61. The van der Waals surface area contributed by atoms with Crippen LogP contribution in [0.15, 0.2) is 6.33 Å². The average molecular weight is 198 g/mol. The molecule has 5 N–H and O–H groups in total. The molecule has 0 aliphatic rings. The molecule has 0 fully saturated rings. The van der Waals surface area contributed by atoms with E-state index in [2.05, 4.69) is 15.3 Å². The average Bonchev–Trinajstić information content (AvgIpc) is 2.20. The Labute approximate surface area is 81.8 Å². The van der Waals surface area contributed by atoms with Gasteiger partial charge in [0.05, 0.1) is 12.7 Å². The molecule has 14 heavy (non-hydrogen) atoms. The summed E-state index contributed by atoms with van der Waals surface area (Å²) in [5, 5.41) is 20.5. The first-order chi connectivity index (χ1) is 6.65. The van der Waals surface area contributed by atoms with Crippen LogP contribution < -0.4 is 11.1 Å². The number of nitrogen functional groups attached to an aromatic ring is 1. The van der Waals surface area contributed by atoms with Crippen molar-refractivity contribution in [3.05, 3.63) is 11.9 Å². The second kappa shape index (κ2) is 4.73. The van der Waals surface area contributed by atoms with Crippen molar-refractivity contribution in [1.29, 1.82) is 0 Å². The molecule has 0 aromatic carbocycles. The highest BCUT2D eigenvalue weighted by atomic mass is 16.3. The highest BCUT2D eigenvalue weighted by Crippen LogP contribution is 2.14.